The van der Waals surface area contributed by atoms with Gasteiger partial charge in [-0.2, -0.15) is 0 Å². The molecule has 0 aliphatic rings. The van der Waals surface area contributed by atoms with Gasteiger partial charge in [0.05, 0.1) is 12.2 Å². The second-order valence-electron chi connectivity index (χ2n) is 5.87. The molecule has 0 aliphatic heterocycles. The van der Waals surface area contributed by atoms with Gasteiger partial charge in [0.2, 0.25) is 0 Å². The second-order valence-corrected chi connectivity index (χ2v) is 5.87. The highest BCUT2D eigenvalue weighted by atomic mass is 16.3. The van der Waals surface area contributed by atoms with E-state index in [1.165, 1.54) is 0 Å². The maximum absolute atomic E-state index is 9.73. The van der Waals surface area contributed by atoms with E-state index in [0.29, 0.717) is 0 Å². The molecule has 4 atom stereocenters. The van der Waals surface area contributed by atoms with Crippen molar-refractivity contribution in [1.82, 2.24) is 10.6 Å². The number of rotatable bonds is 6. The van der Waals surface area contributed by atoms with E-state index in [9.17, 15) is 10.2 Å². The molecule has 140 valence electrons. The van der Waals surface area contributed by atoms with E-state index in [2.05, 4.69) is 10.6 Å². The normalized spacial score (nSPS) is 15.0. The van der Waals surface area contributed by atoms with Crippen LogP contribution in [0.1, 0.15) is 37.2 Å². The first kappa shape index (κ1) is 23.2. The minimum atomic E-state index is -0.420. The van der Waals surface area contributed by atoms with Crippen LogP contribution in [0.15, 0.2) is 60.7 Å². The Balaban J connectivity index is 0.000000443. The van der Waals surface area contributed by atoms with E-state index in [-0.39, 0.29) is 17.6 Å². The van der Waals surface area contributed by atoms with E-state index in [4.69, 9.17) is 0 Å². The lowest BCUT2D eigenvalue weighted by Crippen LogP contribution is -2.28. The summed E-state index contributed by atoms with van der Waals surface area (Å²) in [4.78, 5) is 0. The number of hydrogen-bond donors (Lipinski definition) is 4. The molecular formula is C20H32N2O3. The van der Waals surface area contributed by atoms with Gasteiger partial charge in [0.1, 0.15) is 0 Å². The Morgan fingerprint density at radius 2 is 0.920 bits per heavy atom. The molecular weight excluding hydrogens is 316 g/mol. The predicted molar refractivity (Wildman–Crippen MR) is 103 cm³/mol. The van der Waals surface area contributed by atoms with Crippen molar-refractivity contribution in [1.29, 1.82) is 0 Å². The van der Waals surface area contributed by atoms with Crippen LogP contribution in [0.4, 0.5) is 0 Å². The maximum Gasteiger partial charge on any atom is 0.0940 e. The lowest BCUT2D eigenvalue weighted by molar-refractivity contribution is 0.140. The van der Waals surface area contributed by atoms with E-state index in [1.54, 1.807) is 0 Å². The van der Waals surface area contributed by atoms with E-state index >= 15 is 0 Å². The van der Waals surface area contributed by atoms with E-state index in [1.807, 2.05) is 88.6 Å². The summed E-state index contributed by atoms with van der Waals surface area (Å²) in [6, 6.07) is 19.5. The predicted octanol–water partition coefficient (Wildman–Crippen LogP) is 1.83. The van der Waals surface area contributed by atoms with Crippen LogP contribution in [0.3, 0.4) is 0 Å². The van der Waals surface area contributed by atoms with Crippen LogP contribution < -0.4 is 10.6 Å². The van der Waals surface area contributed by atoms with Crippen LogP contribution in [0.25, 0.3) is 0 Å². The van der Waals surface area contributed by atoms with Gasteiger partial charge in [-0.25, -0.2) is 0 Å². The molecule has 25 heavy (non-hydrogen) atoms. The maximum atomic E-state index is 9.73. The molecule has 5 heteroatoms. The van der Waals surface area contributed by atoms with Crippen molar-refractivity contribution in [3.05, 3.63) is 71.8 Å². The van der Waals surface area contributed by atoms with Gasteiger partial charge in [0.25, 0.3) is 0 Å². The zero-order valence-corrected chi connectivity index (χ0v) is 15.5. The summed E-state index contributed by atoms with van der Waals surface area (Å²) in [5.74, 6) is 0. The molecule has 2 aromatic rings. The first-order valence-corrected chi connectivity index (χ1v) is 8.31. The third kappa shape index (κ3) is 7.77. The minimum absolute atomic E-state index is 0. The minimum Gasteiger partial charge on any atom is -0.412 e. The van der Waals surface area contributed by atoms with Crippen LogP contribution in [0, 0.1) is 0 Å². The lowest BCUT2D eigenvalue weighted by Gasteiger charge is -2.17. The largest absolute Gasteiger partial charge is 0.412 e. The van der Waals surface area contributed by atoms with Gasteiger partial charge in [-0.1, -0.05) is 60.7 Å². The van der Waals surface area contributed by atoms with Gasteiger partial charge in [0.15, 0.2) is 0 Å². The molecule has 0 saturated carbocycles. The van der Waals surface area contributed by atoms with Crippen LogP contribution >= 0.6 is 0 Å². The summed E-state index contributed by atoms with van der Waals surface area (Å²) in [6.07, 6.45) is -0.840. The van der Waals surface area contributed by atoms with Crippen LogP contribution in [0.2, 0.25) is 0 Å². The lowest BCUT2D eigenvalue weighted by atomic mass is 10.0. The highest BCUT2D eigenvalue weighted by Crippen LogP contribution is 2.16. The number of hydrogen-bond acceptors (Lipinski definition) is 4. The van der Waals surface area contributed by atoms with Crippen LogP contribution in [-0.4, -0.2) is 41.9 Å². The van der Waals surface area contributed by atoms with Gasteiger partial charge in [-0.3, -0.25) is 0 Å². The Bertz CT molecular complexity index is 500. The first-order chi connectivity index (χ1) is 11.5. The monoisotopic (exact) mass is 348 g/mol. The van der Waals surface area contributed by atoms with Gasteiger partial charge >= 0.3 is 0 Å². The summed E-state index contributed by atoms with van der Waals surface area (Å²) in [6.45, 7) is 3.91. The average molecular weight is 348 g/mol. The molecule has 0 aromatic heterocycles. The molecule has 0 fully saturated rings. The topological polar surface area (TPSA) is 96.0 Å². The molecule has 0 heterocycles. The fourth-order valence-corrected chi connectivity index (χ4v) is 2.19. The first-order valence-electron chi connectivity index (χ1n) is 8.31. The summed E-state index contributed by atoms with van der Waals surface area (Å²) in [7, 11) is 3.69. The third-order valence-electron chi connectivity index (χ3n) is 4.14. The van der Waals surface area contributed by atoms with Crippen molar-refractivity contribution < 1.29 is 15.7 Å². The fourth-order valence-electron chi connectivity index (χ4n) is 2.19. The average Bonchev–Trinajstić information content (AvgIpc) is 2.67. The number of likely N-dealkylation sites (N-methyl/N-ethyl adjacent to an activating group) is 2. The highest BCUT2D eigenvalue weighted by Gasteiger charge is 2.13. The zero-order valence-electron chi connectivity index (χ0n) is 15.5. The van der Waals surface area contributed by atoms with Crippen molar-refractivity contribution in [2.24, 2.45) is 0 Å². The smallest absolute Gasteiger partial charge is 0.0940 e. The van der Waals surface area contributed by atoms with Gasteiger partial charge in [-0.15, -0.1) is 0 Å². The summed E-state index contributed by atoms with van der Waals surface area (Å²) >= 11 is 0. The SMILES string of the molecule is CN[C@H](C)[C@H](O)c1ccccc1.CN[C@H](C)[C@H](O)c1ccccc1.O. The highest BCUT2D eigenvalue weighted by molar-refractivity contribution is 5.19. The van der Waals surface area contributed by atoms with Crippen molar-refractivity contribution in [2.75, 3.05) is 14.1 Å². The van der Waals surface area contributed by atoms with Gasteiger partial charge in [-0.05, 0) is 39.1 Å². The molecule has 2 aromatic carbocycles. The second kappa shape index (κ2) is 12.6. The van der Waals surface area contributed by atoms with Crippen LogP contribution in [-0.2, 0) is 0 Å². The number of aliphatic hydroxyl groups is 2. The van der Waals surface area contributed by atoms with Crippen molar-refractivity contribution in [2.45, 2.75) is 38.1 Å². The molecule has 0 unspecified atom stereocenters. The molecule has 0 spiro atoms. The van der Waals surface area contributed by atoms with Crippen molar-refractivity contribution in [3.8, 4) is 0 Å². The van der Waals surface area contributed by atoms with Crippen molar-refractivity contribution in [3.63, 3.8) is 0 Å². The van der Waals surface area contributed by atoms with Gasteiger partial charge in [0, 0.05) is 12.1 Å². The number of benzene rings is 2. The quantitative estimate of drug-likeness (QED) is 0.640. The molecule has 0 bridgehead atoms. The molecule has 0 radical (unpaired) electrons. The van der Waals surface area contributed by atoms with Gasteiger partial charge < -0.3 is 26.3 Å². The number of aliphatic hydroxyl groups excluding tert-OH is 2. The molecule has 5 nitrogen and oxygen atoms in total. The van der Waals surface area contributed by atoms with E-state index in [0.717, 1.165) is 11.1 Å². The Kier molecular flexibility index (Phi) is 11.7. The Hall–Kier alpha value is -1.76. The fraction of sp³-hybridized carbons (Fsp3) is 0.400. The Labute approximate surface area is 151 Å². The zero-order chi connectivity index (χ0) is 17.9. The Morgan fingerprint density at radius 3 is 1.16 bits per heavy atom. The van der Waals surface area contributed by atoms with Crippen molar-refractivity contribution >= 4 is 0 Å². The molecule has 2 rings (SSSR count). The number of nitrogens with one attached hydrogen (secondary N) is 2. The summed E-state index contributed by atoms with van der Waals surface area (Å²) in [5, 5.41) is 25.5. The molecule has 0 saturated heterocycles. The molecule has 0 aliphatic carbocycles. The van der Waals surface area contributed by atoms with E-state index < -0.39 is 12.2 Å². The Morgan fingerprint density at radius 1 is 0.640 bits per heavy atom. The standard InChI is InChI=1S/2C10H15NO.H2O/c2*1-8(11-2)10(12)9-6-4-3-5-7-9;/h2*3-8,10-12H,1-2H3;1H2/t2*8-,10+;/m11./s1. The van der Waals surface area contributed by atoms with Crippen LogP contribution in [0.5, 0.6) is 0 Å². The summed E-state index contributed by atoms with van der Waals surface area (Å²) < 4.78 is 0. The molecule has 0 amide bonds. The summed E-state index contributed by atoms with van der Waals surface area (Å²) in [5.41, 5.74) is 1.92. The third-order valence-corrected chi connectivity index (χ3v) is 4.14. The molecule has 6 N–H and O–H groups in total.